The third kappa shape index (κ3) is 4.40. The Bertz CT molecular complexity index is 1490. The lowest BCUT2D eigenvalue weighted by Crippen LogP contribution is -2.55. The van der Waals surface area contributed by atoms with Gasteiger partial charge in [0.2, 0.25) is 10.0 Å². The Labute approximate surface area is 234 Å². The van der Waals surface area contributed by atoms with Crippen molar-refractivity contribution in [3.63, 3.8) is 0 Å². The van der Waals surface area contributed by atoms with Gasteiger partial charge in [-0.3, -0.25) is 9.58 Å². The standard InChI is InChI=1S/C28H36FN7O3S/c1-27(2,3)35-15-18-14-20(4-5-23(18)40(35,38)39)32-25-24-22(8-13-31-26(24)37)36(33-25)28(11-12-30)9-6-21(7-10-28)34-16-19(29)17-34/h4-5,8,13-14,19,21,26,31,37H,6-7,9-11,15-17H2,1-3H3,(H,32,33)/t21-,26?,28+. The normalized spacial score (nSPS) is 28.3. The van der Waals surface area contributed by atoms with Crippen LogP contribution in [0.2, 0.25) is 0 Å². The van der Waals surface area contributed by atoms with E-state index >= 15 is 0 Å². The van der Waals surface area contributed by atoms with E-state index < -0.39 is 33.5 Å². The number of rotatable bonds is 5. The number of nitriles is 1. The summed E-state index contributed by atoms with van der Waals surface area (Å²) in [6, 6.07) is 7.83. The molecule has 2 fully saturated rings. The maximum absolute atomic E-state index is 13.5. The molecule has 6 rings (SSSR count). The smallest absolute Gasteiger partial charge is 0.244 e. The van der Waals surface area contributed by atoms with Gasteiger partial charge in [-0.2, -0.15) is 14.7 Å². The number of fused-ring (bicyclic) bond motifs is 2. The number of hydrogen-bond acceptors (Lipinski definition) is 8. The summed E-state index contributed by atoms with van der Waals surface area (Å²) < 4.78 is 43.1. The van der Waals surface area contributed by atoms with Crippen molar-refractivity contribution in [1.82, 2.24) is 24.3 Å². The molecule has 1 atom stereocenters. The molecular formula is C28H36FN7O3S. The molecule has 1 saturated heterocycles. The number of sulfonamides is 1. The Morgan fingerprint density at radius 3 is 2.65 bits per heavy atom. The molecule has 3 aliphatic heterocycles. The number of aliphatic hydroxyl groups excluding tert-OH is 1. The quantitative estimate of drug-likeness (QED) is 0.498. The van der Waals surface area contributed by atoms with E-state index in [4.69, 9.17) is 5.10 Å². The van der Waals surface area contributed by atoms with Crippen molar-refractivity contribution in [1.29, 1.82) is 5.26 Å². The van der Waals surface area contributed by atoms with Gasteiger partial charge in [-0.1, -0.05) is 0 Å². The number of nitrogens with zero attached hydrogens (tertiary/aromatic N) is 5. The van der Waals surface area contributed by atoms with Crippen molar-refractivity contribution >= 4 is 27.6 Å². The first-order chi connectivity index (χ1) is 18.9. The van der Waals surface area contributed by atoms with E-state index in [1.165, 1.54) is 4.31 Å². The second-order valence-electron chi connectivity index (χ2n) is 12.4. The number of aromatic nitrogens is 2. The van der Waals surface area contributed by atoms with Crippen LogP contribution in [0.3, 0.4) is 0 Å². The van der Waals surface area contributed by atoms with Crippen LogP contribution in [0.4, 0.5) is 15.9 Å². The minimum atomic E-state index is -3.58. The van der Waals surface area contributed by atoms with Crippen molar-refractivity contribution in [3.05, 3.63) is 41.2 Å². The van der Waals surface area contributed by atoms with Gasteiger partial charge in [0.05, 0.1) is 34.2 Å². The summed E-state index contributed by atoms with van der Waals surface area (Å²) >= 11 is 0. The van der Waals surface area contributed by atoms with Gasteiger partial charge in [-0.25, -0.2) is 12.8 Å². The molecule has 0 amide bonds. The number of benzene rings is 1. The SMILES string of the molecule is CC(C)(C)N1Cc2cc(Nc3nn([C@]4(CC#N)CC[C@H](N5CC(F)C5)CC4)c4c3C(O)NC=C4)ccc2S1(=O)=O. The van der Waals surface area contributed by atoms with Crippen LogP contribution in [0.15, 0.2) is 29.3 Å². The molecule has 1 aromatic heterocycles. The Morgan fingerprint density at radius 2 is 2.00 bits per heavy atom. The Kier molecular flexibility index (Phi) is 6.49. The largest absolute Gasteiger partial charge is 0.369 e. The average molecular weight is 570 g/mol. The molecule has 1 saturated carbocycles. The molecule has 4 heterocycles. The molecule has 40 heavy (non-hydrogen) atoms. The Morgan fingerprint density at radius 1 is 1.27 bits per heavy atom. The highest BCUT2D eigenvalue weighted by molar-refractivity contribution is 7.89. The first-order valence-electron chi connectivity index (χ1n) is 13.8. The third-order valence-electron chi connectivity index (χ3n) is 8.81. The summed E-state index contributed by atoms with van der Waals surface area (Å²) in [7, 11) is -3.58. The van der Waals surface area contributed by atoms with Crippen LogP contribution in [0.25, 0.3) is 6.08 Å². The molecule has 2 aromatic rings. The molecule has 10 nitrogen and oxygen atoms in total. The highest BCUT2D eigenvalue weighted by Crippen LogP contribution is 2.44. The highest BCUT2D eigenvalue weighted by Gasteiger charge is 2.44. The fourth-order valence-electron chi connectivity index (χ4n) is 6.62. The Balaban J connectivity index is 1.33. The van der Waals surface area contributed by atoms with Crippen LogP contribution in [0.5, 0.6) is 0 Å². The van der Waals surface area contributed by atoms with Crippen molar-refractivity contribution in [2.24, 2.45) is 0 Å². The lowest BCUT2D eigenvalue weighted by molar-refractivity contribution is -0.00410. The van der Waals surface area contributed by atoms with E-state index in [0.29, 0.717) is 46.7 Å². The number of likely N-dealkylation sites (tertiary alicyclic amines) is 1. The molecule has 4 aliphatic rings. The fraction of sp³-hybridized carbons (Fsp3) is 0.571. The van der Waals surface area contributed by atoms with Crippen LogP contribution >= 0.6 is 0 Å². The lowest BCUT2D eigenvalue weighted by Gasteiger charge is -2.47. The van der Waals surface area contributed by atoms with E-state index in [2.05, 4.69) is 21.6 Å². The van der Waals surface area contributed by atoms with Gasteiger partial charge in [-0.05, 0) is 76.3 Å². The fourth-order valence-corrected chi connectivity index (χ4v) is 8.59. The molecule has 12 heteroatoms. The molecule has 1 aliphatic carbocycles. The summed E-state index contributed by atoms with van der Waals surface area (Å²) in [4.78, 5) is 2.49. The van der Waals surface area contributed by atoms with E-state index in [0.717, 1.165) is 31.4 Å². The second kappa shape index (κ2) is 9.55. The van der Waals surface area contributed by atoms with E-state index in [-0.39, 0.29) is 13.0 Å². The number of halogens is 1. The number of hydrogen-bond donors (Lipinski definition) is 3. The molecular weight excluding hydrogens is 533 g/mol. The van der Waals surface area contributed by atoms with Crippen LogP contribution in [0.1, 0.15) is 75.9 Å². The van der Waals surface area contributed by atoms with Gasteiger partial charge in [0.25, 0.3) is 0 Å². The lowest BCUT2D eigenvalue weighted by atomic mass is 9.76. The minimum absolute atomic E-state index is 0.274. The minimum Gasteiger partial charge on any atom is -0.369 e. The molecule has 0 bridgehead atoms. The average Bonchev–Trinajstić information content (AvgIpc) is 3.38. The van der Waals surface area contributed by atoms with E-state index in [1.54, 1.807) is 18.3 Å². The van der Waals surface area contributed by atoms with Gasteiger partial charge >= 0.3 is 0 Å². The van der Waals surface area contributed by atoms with Crippen molar-refractivity contribution in [2.75, 3.05) is 18.4 Å². The second-order valence-corrected chi connectivity index (χ2v) is 14.3. The monoisotopic (exact) mass is 569 g/mol. The first-order valence-corrected chi connectivity index (χ1v) is 15.3. The maximum Gasteiger partial charge on any atom is 0.244 e. The summed E-state index contributed by atoms with van der Waals surface area (Å²) in [5.41, 5.74) is 1.58. The van der Waals surface area contributed by atoms with Crippen molar-refractivity contribution in [3.8, 4) is 6.07 Å². The first kappa shape index (κ1) is 27.2. The van der Waals surface area contributed by atoms with E-state index in [1.807, 2.05) is 37.6 Å². The summed E-state index contributed by atoms with van der Waals surface area (Å²) in [6.07, 6.45) is 5.23. The molecule has 0 radical (unpaired) electrons. The maximum atomic E-state index is 13.5. The number of nitrogens with one attached hydrogen (secondary N) is 2. The van der Waals surface area contributed by atoms with Gasteiger partial charge < -0.3 is 15.7 Å². The van der Waals surface area contributed by atoms with Crippen molar-refractivity contribution in [2.45, 2.75) is 93.8 Å². The third-order valence-corrected chi connectivity index (χ3v) is 11.0. The van der Waals surface area contributed by atoms with Gasteiger partial charge in [-0.15, -0.1) is 0 Å². The zero-order valence-corrected chi connectivity index (χ0v) is 23.9. The Hall–Kier alpha value is -2.98. The predicted octanol–water partition coefficient (Wildman–Crippen LogP) is 3.70. The van der Waals surface area contributed by atoms with Crippen molar-refractivity contribution < 1.29 is 17.9 Å². The van der Waals surface area contributed by atoms with Gasteiger partial charge in [0, 0.05) is 43.1 Å². The molecule has 1 aromatic carbocycles. The topological polar surface area (TPSA) is 127 Å². The van der Waals surface area contributed by atoms with Gasteiger partial charge in [0.1, 0.15) is 6.17 Å². The zero-order chi connectivity index (χ0) is 28.4. The van der Waals surface area contributed by atoms with Crippen LogP contribution in [-0.2, 0) is 22.1 Å². The molecule has 0 spiro atoms. The summed E-state index contributed by atoms with van der Waals surface area (Å²) in [5, 5.41) is 32.0. The van der Waals surface area contributed by atoms with Gasteiger partial charge in [0.15, 0.2) is 12.0 Å². The summed E-state index contributed by atoms with van der Waals surface area (Å²) in [5.74, 6) is 0.454. The zero-order valence-electron chi connectivity index (χ0n) is 23.1. The van der Waals surface area contributed by atoms with Crippen LogP contribution in [0, 0.1) is 11.3 Å². The molecule has 1 unspecified atom stereocenters. The van der Waals surface area contributed by atoms with Crippen LogP contribution < -0.4 is 10.6 Å². The number of alkyl halides is 1. The summed E-state index contributed by atoms with van der Waals surface area (Å²) in [6.45, 7) is 6.88. The number of anilines is 2. The van der Waals surface area contributed by atoms with Crippen LogP contribution in [-0.4, -0.2) is 63.4 Å². The van der Waals surface area contributed by atoms with E-state index in [9.17, 15) is 23.2 Å². The molecule has 3 N–H and O–H groups in total. The highest BCUT2D eigenvalue weighted by atomic mass is 32.2. The molecule has 214 valence electrons. The number of aliphatic hydroxyl groups is 1. The predicted molar refractivity (Wildman–Crippen MR) is 148 cm³/mol.